The van der Waals surface area contributed by atoms with Gasteiger partial charge in [-0.1, -0.05) is 11.3 Å². The molecule has 0 saturated heterocycles. The summed E-state index contributed by atoms with van der Waals surface area (Å²) in [5.74, 6) is -2.48. The van der Waals surface area contributed by atoms with E-state index in [1.807, 2.05) is 15.4 Å². The minimum Gasteiger partial charge on any atom is -0.303 e. The summed E-state index contributed by atoms with van der Waals surface area (Å²) in [7, 11) is 0. The van der Waals surface area contributed by atoms with E-state index in [1.165, 1.54) is 0 Å². The number of aromatic amines is 4. The molecule has 0 fully saturated rings. The maximum absolute atomic E-state index is 12.0. The summed E-state index contributed by atoms with van der Waals surface area (Å²) >= 11 is 0.829. The first-order valence-electron chi connectivity index (χ1n) is 8.10. The molecule has 0 aliphatic heterocycles. The largest absolute Gasteiger partial charge is 0.326 e. The summed E-state index contributed by atoms with van der Waals surface area (Å²) in [5.41, 5.74) is 0.0696. The van der Waals surface area contributed by atoms with Crippen LogP contribution in [0.4, 0.5) is 5.13 Å². The molecule has 0 aliphatic rings. The van der Waals surface area contributed by atoms with Gasteiger partial charge < -0.3 is 9.97 Å². The Bertz CT molecular complexity index is 1340. The van der Waals surface area contributed by atoms with Crippen molar-refractivity contribution in [1.82, 2.24) is 41.0 Å². The molecule has 0 aromatic carbocycles. The van der Waals surface area contributed by atoms with E-state index in [4.69, 9.17) is 0 Å². The van der Waals surface area contributed by atoms with Gasteiger partial charge in [-0.25, -0.2) is 9.59 Å². The Morgan fingerprint density at radius 1 is 0.806 bits per heavy atom. The van der Waals surface area contributed by atoms with E-state index < -0.39 is 40.2 Å². The number of hydrogen-bond acceptors (Lipinski definition) is 10. The second-order valence-electron chi connectivity index (χ2n) is 5.64. The zero-order chi connectivity index (χ0) is 22.5. The molecule has 160 valence electrons. The van der Waals surface area contributed by atoms with Crippen molar-refractivity contribution in [1.29, 1.82) is 0 Å². The summed E-state index contributed by atoms with van der Waals surface area (Å²) in [6.45, 7) is 0. The van der Waals surface area contributed by atoms with Crippen LogP contribution < -0.4 is 38.7 Å². The van der Waals surface area contributed by atoms with E-state index in [0.29, 0.717) is 0 Å². The number of aromatic nitrogens is 6. The molecule has 3 heterocycles. The first kappa shape index (κ1) is 21.0. The number of nitrogens with zero attached hydrogens (tertiary/aromatic N) is 2. The number of carbonyl (C=O) groups is 3. The number of nitrogens with one attached hydrogen (secondary N) is 7. The number of hydrogen-bond donors (Lipinski definition) is 7. The van der Waals surface area contributed by atoms with E-state index >= 15 is 0 Å². The van der Waals surface area contributed by atoms with E-state index in [9.17, 15) is 33.6 Å². The highest BCUT2D eigenvalue weighted by Gasteiger charge is 2.15. The number of carbonyl (C=O) groups excluding carboxylic acids is 3. The van der Waals surface area contributed by atoms with Crippen LogP contribution in [0.2, 0.25) is 0 Å². The Balaban J connectivity index is 1.56. The Hall–Kier alpha value is -4.67. The lowest BCUT2D eigenvalue weighted by Crippen LogP contribution is -2.43. The highest BCUT2D eigenvalue weighted by atomic mass is 32.1. The van der Waals surface area contributed by atoms with E-state index in [-0.39, 0.29) is 27.9 Å². The van der Waals surface area contributed by atoms with Crippen molar-refractivity contribution in [2.24, 2.45) is 0 Å². The third-order valence-corrected chi connectivity index (χ3v) is 4.16. The van der Waals surface area contributed by atoms with Crippen LogP contribution in [0.15, 0.2) is 31.3 Å². The van der Waals surface area contributed by atoms with Crippen molar-refractivity contribution in [2.75, 3.05) is 5.32 Å². The SMILES string of the molecule is O=C(Cc1nnc(NC(=O)c2cc(=O)[nH]c(=O)[nH]2)s1)NNC(=O)c1cc(=O)[nH]c(=O)[nH]1. The predicted molar refractivity (Wildman–Crippen MR) is 103 cm³/mol. The summed E-state index contributed by atoms with van der Waals surface area (Å²) in [5, 5.41) is 9.80. The molecular formula is C14H11N9O7S. The van der Waals surface area contributed by atoms with Crippen molar-refractivity contribution in [2.45, 2.75) is 6.42 Å². The Morgan fingerprint density at radius 3 is 1.97 bits per heavy atom. The normalized spacial score (nSPS) is 10.3. The minimum atomic E-state index is -0.936. The van der Waals surface area contributed by atoms with E-state index in [2.05, 4.69) is 30.9 Å². The molecule has 0 spiro atoms. The van der Waals surface area contributed by atoms with Gasteiger partial charge in [0, 0.05) is 12.1 Å². The van der Waals surface area contributed by atoms with Crippen LogP contribution >= 0.6 is 11.3 Å². The van der Waals surface area contributed by atoms with Gasteiger partial charge in [-0.3, -0.25) is 50.1 Å². The molecule has 0 saturated carbocycles. The topological polar surface area (TPSA) is 245 Å². The number of rotatable bonds is 5. The fourth-order valence-corrected chi connectivity index (χ4v) is 2.83. The number of amides is 3. The molecular weight excluding hydrogens is 438 g/mol. The van der Waals surface area contributed by atoms with Crippen molar-refractivity contribution < 1.29 is 14.4 Å². The summed E-state index contributed by atoms with van der Waals surface area (Å²) in [6.07, 6.45) is -0.332. The third-order valence-electron chi connectivity index (χ3n) is 3.32. The number of hydrazine groups is 1. The van der Waals surface area contributed by atoms with Crippen LogP contribution in [-0.2, 0) is 11.2 Å². The van der Waals surface area contributed by atoms with Gasteiger partial charge in [0.15, 0.2) is 0 Å². The molecule has 0 radical (unpaired) electrons. The fourth-order valence-electron chi connectivity index (χ4n) is 2.10. The van der Waals surface area contributed by atoms with Crippen LogP contribution in [-0.4, -0.2) is 47.9 Å². The maximum Gasteiger partial charge on any atom is 0.326 e. The first-order valence-corrected chi connectivity index (χ1v) is 8.91. The van der Waals surface area contributed by atoms with Crippen molar-refractivity contribution in [3.63, 3.8) is 0 Å². The monoisotopic (exact) mass is 449 g/mol. The molecule has 31 heavy (non-hydrogen) atoms. The van der Waals surface area contributed by atoms with Gasteiger partial charge >= 0.3 is 11.4 Å². The van der Waals surface area contributed by atoms with Crippen molar-refractivity contribution >= 4 is 34.2 Å². The van der Waals surface area contributed by atoms with Gasteiger partial charge in [-0.05, 0) is 0 Å². The molecule has 0 bridgehead atoms. The molecule has 7 N–H and O–H groups in total. The van der Waals surface area contributed by atoms with Crippen LogP contribution in [0.3, 0.4) is 0 Å². The zero-order valence-corrected chi connectivity index (χ0v) is 15.8. The van der Waals surface area contributed by atoms with Crippen LogP contribution in [0.25, 0.3) is 0 Å². The molecule has 3 aromatic heterocycles. The summed E-state index contributed by atoms with van der Waals surface area (Å²) < 4.78 is 0. The number of H-pyrrole nitrogens is 4. The molecule has 0 aliphatic carbocycles. The average molecular weight is 449 g/mol. The Kier molecular flexibility index (Phi) is 5.96. The second kappa shape index (κ2) is 8.78. The standard InChI is InChI=1S/C14H11N9O7S/c24-6-1-4(15-12(29)17-6)10(27)19-14-23-21-9(31-14)3-8(26)20-22-11(28)5-2-7(25)18-13(30)16-5/h1-2H,3H2,(H,20,26)(H,22,28)(H,19,23,27)(H2,15,17,24,29)(H2,16,18,25,30). The van der Waals surface area contributed by atoms with Gasteiger partial charge in [0.25, 0.3) is 22.9 Å². The van der Waals surface area contributed by atoms with Crippen molar-refractivity contribution in [3.05, 3.63) is 70.2 Å². The van der Waals surface area contributed by atoms with Gasteiger partial charge in [0.05, 0.1) is 6.42 Å². The zero-order valence-electron chi connectivity index (χ0n) is 15.0. The van der Waals surface area contributed by atoms with Crippen LogP contribution in [0.1, 0.15) is 26.0 Å². The minimum absolute atomic E-state index is 0.0148. The van der Waals surface area contributed by atoms with Gasteiger partial charge in [0.1, 0.15) is 16.4 Å². The fraction of sp³-hybridized carbons (Fsp3) is 0.0714. The Labute approximate surface area is 172 Å². The summed E-state index contributed by atoms with van der Waals surface area (Å²) in [6, 6.07) is 1.71. The van der Waals surface area contributed by atoms with Gasteiger partial charge in [0.2, 0.25) is 11.0 Å². The highest BCUT2D eigenvalue weighted by molar-refractivity contribution is 7.15. The van der Waals surface area contributed by atoms with Crippen molar-refractivity contribution in [3.8, 4) is 0 Å². The van der Waals surface area contributed by atoms with Crippen LogP contribution in [0, 0.1) is 0 Å². The summed E-state index contributed by atoms with van der Waals surface area (Å²) in [4.78, 5) is 88.6. The van der Waals surface area contributed by atoms with E-state index in [0.717, 1.165) is 23.5 Å². The molecule has 3 rings (SSSR count). The lowest BCUT2D eigenvalue weighted by Gasteiger charge is -2.05. The Morgan fingerprint density at radius 2 is 1.39 bits per heavy atom. The maximum atomic E-state index is 12.0. The smallest absolute Gasteiger partial charge is 0.303 e. The number of anilines is 1. The first-order chi connectivity index (χ1) is 14.7. The second-order valence-corrected chi connectivity index (χ2v) is 6.70. The average Bonchev–Trinajstić information content (AvgIpc) is 3.11. The molecule has 0 atom stereocenters. The molecule has 3 amide bonds. The highest BCUT2D eigenvalue weighted by Crippen LogP contribution is 2.16. The lowest BCUT2D eigenvalue weighted by atomic mass is 10.4. The molecule has 16 nitrogen and oxygen atoms in total. The predicted octanol–water partition coefficient (Wildman–Crippen LogP) is -3.45. The molecule has 17 heteroatoms. The quantitative estimate of drug-likeness (QED) is 0.191. The molecule has 3 aromatic rings. The third kappa shape index (κ3) is 5.67. The molecule has 0 unspecified atom stereocenters. The lowest BCUT2D eigenvalue weighted by molar-refractivity contribution is -0.121. The van der Waals surface area contributed by atoms with Gasteiger partial charge in [-0.2, -0.15) is 0 Å². The van der Waals surface area contributed by atoms with Gasteiger partial charge in [-0.15, -0.1) is 10.2 Å². The van der Waals surface area contributed by atoms with E-state index in [1.54, 1.807) is 0 Å². The van der Waals surface area contributed by atoms with Crippen LogP contribution in [0.5, 0.6) is 0 Å².